The maximum absolute atomic E-state index is 11.0. The molecule has 100 valence electrons. The van der Waals surface area contributed by atoms with E-state index in [9.17, 15) is 10.1 Å². The molecule has 0 radical (unpaired) electrons. The Labute approximate surface area is 117 Å². The van der Waals surface area contributed by atoms with Crippen molar-refractivity contribution in [1.82, 2.24) is 5.32 Å². The smallest absolute Gasteiger partial charge is 0.294 e. The van der Waals surface area contributed by atoms with Crippen molar-refractivity contribution >= 4 is 23.0 Å². The molecule has 1 saturated heterocycles. The second-order valence-electron chi connectivity index (χ2n) is 4.17. The van der Waals surface area contributed by atoms with Crippen molar-refractivity contribution in [2.75, 3.05) is 24.5 Å². The Hall–Kier alpha value is -1.04. The predicted octanol–water partition coefficient (Wildman–Crippen LogP) is -0.950. The minimum absolute atomic E-state index is 0. The van der Waals surface area contributed by atoms with Crippen molar-refractivity contribution in [1.29, 1.82) is 0 Å². The van der Waals surface area contributed by atoms with Crippen LogP contribution in [-0.4, -0.2) is 30.6 Å². The lowest BCUT2D eigenvalue weighted by Gasteiger charge is -2.33. The number of rotatable bonds is 2. The van der Waals surface area contributed by atoms with Gasteiger partial charge in [0, 0.05) is 31.7 Å². The van der Waals surface area contributed by atoms with Crippen LogP contribution in [0.3, 0.4) is 0 Å². The first kappa shape index (κ1) is 15.0. The van der Waals surface area contributed by atoms with Crippen LogP contribution < -0.4 is 22.6 Å². The summed E-state index contributed by atoms with van der Waals surface area (Å²) in [7, 11) is 0. The van der Waals surface area contributed by atoms with Gasteiger partial charge in [0.1, 0.15) is 5.69 Å². The summed E-state index contributed by atoms with van der Waals surface area (Å²) in [6.45, 7) is 4.32. The third-order valence-electron chi connectivity index (χ3n) is 2.85. The third kappa shape index (κ3) is 3.04. The fourth-order valence-electron chi connectivity index (χ4n) is 2.10. The van der Waals surface area contributed by atoms with Gasteiger partial charge in [0.25, 0.3) is 5.69 Å². The summed E-state index contributed by atoms with van der Waals surface area (Å²) < 4.78 is 0. The third-order valence-corrected chi connectivity index (χ3v) is 3.15. The number of nitro groups is 1. The van der Waals surface area contributed by atoms with Crippen LogP contribution >= 0.6 is 11.6 Å². The molecule has 0 aliphatic carbocycles. The lowest BCUT2D eigenvalue weighted by atomic mass is 10.2. The molecule has 0 saturated carbocycles. The molecule has 1 unspecified atom stereocenters. The van der Waals surface area contributed by atoms with Gasteiger partial charge in [-0.3, -0.25) is 10.1 Å². The van der Waals surface area contributed by atoms with E-state index < -0.39 is 0 Å². The minimum Gasteiger partial charge on any atom is -1.00 e. The highest BCUT2D eigenvalue weighted by Gasteiger charge is 2.25. The van der Waals surface area contributed by atoms with Gasteiger partial charge < -0.3 is 22.6 Å². The number of hydrogen-bond acceptors (Lipinski definition) is 4. The average molecular weight is 291 g/mol. The number of benzene rings is 1. The first-order chi connectivity index (χ1) is 8.09. The molecule has 1 fully saturated rings. The molecule has 1 aromatic rings. The minimum atomic E-state index is -0.381. The number of nitrogens with one attached hydrogen (secondary N) is 1. The second kappa shape index (κ2) is 6.22. The van der Waals surface area contributed by atoms with E-state index in [0.29, 0.717) is 16.8 Å². The lowest BCUT2D eigenvalue weighted by Crippen LogP contribution is -3.00. The van der Waals surface area contributed by atoms with Gasteiger partial charge >= 0.3 is 0 Å². The van der Waals surface area contributed by atoms with Crippen molar-refractivity contribution in [3.8, 4) is 0 Å². The second-order valence-corrected chi connectivity index (χ2v) is 4.57. The average Bonchev–Trinajstić information content (AvgIpc) is 2.28. The summed E-state index contributed by atoms with van der Waals surface area (Å²) in [5, 5.41) is 14.7. The molecule has 5 nitrogen and oxygen atoms in total. The van der Waals surface area contributed by atoms with E-state index in [1.165, 1.54) is 6.07 Å². The van der Waals surface area contributed by atoms with Gasteiger partial charge in [0.05, 0.1) is 9.95 Å². The molecule has 1 heterocycles. The van der Waals surface area contributed by atoms with Crippen molar-refractivity contribution < 1.29 is 17.3 Å². The molecule has 0 bridgehead atoms. The van der Waals surface area contributed by atoms with Gasteiger partial charge in [-0.1, -0.05) is 17.7 Å². The standard InChI is InChI=1S/C11H14ClN3O2.ClH/c1-8-7-14(6-5-13-8)11-9(12)3-2-4-10(11)15(16)17;/h2-4,8,13H,5-7H2,1H3;1H/p-1. The first-order valence-electron chi connectivity index (χ1n) is 5.51. The zero-order valence-corrected chi connectivity index (χ0v) is 11.4. The summed E-state index contributed by atoms with van der Waals surface area (Å²) in [5.74, 6) is 0. The van der Waals surface area contributed by atoms with Gasteiger partial charge in [0.15, 0.2) is 0 Å². The highest BCUT2D eigenvalue weighted by molar-refractivity contribution is 6.33. The molecular formula is C11H14Cl2N3O2-. The van der Waals surface area contributed by atoms with E-state index >= 15 is 0 Å². The van der Waals surface area contributed by atoms with Crippen LogP contribution in [0.4, 0.5) is 11.4 Å². The normalized spacial score (nSPS) is 19.2. The largest absolute Gasteiger partial charge is 1.00 e. The maximum atomic E-state index is 11.0. The Kier molecular flexibility index (Phi) is 5.19. The number of anilines is 1. The molecule has 0 spiro atoms. The number of piperazine rings is 1. The van der Waals surface area contributed by atoms with E-state index in [0.717, 1.165) is 19.6 Å². The Morgan fingerprint density at radius 2 is 2.28 bits per heavy atom. The molecule has 2 rings (SSSR count). The molecule has 7 heteroatoms. The molecular weight excluding hydrogens is 277 g/mol. The summed E-state index contributed by atoms with van der Waals surface area (Å²) in [6.07, 6.45) is 0. The van der Waals surface area contributed by atoms with Crippen molar-refractivity contribution in [2.45, 2.75) is 13.0 Å². The number of nitro benzene ring substituents is 1. The van der Waals surface area contributed by atoms with E-state index in [2.05, 4.69) is 12.2 Å². The lowest BCUT2D eigenvalue weighted by molar-refractivity contribution is -0.384. The maximum Gasteiger partial charge on any atom is 0.294 e. The van der Waals surface area contributed by atoms with E-state index in [4.69, 9.17) is 11.6 Å². The molecule has 0 aromatic heterocycles. The zero-order valence-electron chi connectivity index (χ0n) is 9.90. The molecule has 0 amide bonds. The highest BCUT2D eigenvalue weighted by Crippen LogP contribution is 2.35. The molecule has 1 aliphatic heterocycles. The topological polar surface area (TPSA) is 58.4 Å². The number of hydrogen-bond donors (Lipinski definition) is 1. The monoisotopic (exact) mass is 290 g/mol. The Morgan fingerprint density at radius 1 is 1.56 bits per heavy atom. The van der Waals surface area contributed by atoms with Gasteiger partial charge in [-0.05, 0) is 13.0 Å². The number of halogens is 2. The zero-order chi connectivity index (χ0) is 12.4. The van der Waals surface area contributed by atoms with Crippen LogP contribution in [0.25, 0.3) is 0 Å². The van der Waals surface area contributed by atoms with Crippen LogP contribution in [0.15, 0.2) is 18.2 Å². The van der Waals surface area contributed by atoms with Crippen LogP contribution in [0.5, 0.6) is 0 Å². The van der Waals surface area contributed by atoms with E-state index in [1.54, 1.807) is 12.1 Å². The molecule has 1 aliphatic rings. The van der Waals surface area contributed by atoms with Crippen LogP contribution in [0.2, 0.25) is 5.02 Å². The molecule has 1 atom stereocenters. The van der Waals surface area contributed by atoms with Crippen LogP contribution in [-0.2, 0) is 0 Å². The summed E-state index contributed by atoms with van der Waals surface area (Å²) in [4.78, 5) is 12.6. The molecule has 1 aromatic carbocycles. The van der Waals surface area contributed by atoms with Crippen molar-refractivity contribution in [2.24, 2.45) is 0 Å². The van der Waals surface area contributed by atoms with Crippen molar-refractivity contribution in [3.05, 3.63) is 33.3 Å². The summed E-state index contributed by atoms with van der Waals surface area (Å²) in [6, 6.07) is 5.10. The Balaban J connectivity index is 0.00000162. The summed E-state index contributed by atoms with van der Waals surface area (Å²) >= 11 is 6.09. The van der Waals surface area contributed by atoms with Crippen LogP contribution in [0, 0.1) is 10.1 Å². The number of para-hydroxylation sites is 1. The van der Waals surface area contributed by atoms with Gasteiger partial charge in [-0.15, -0.1) is 0 Å². The number of nitrogens with zero attached hydrogens (tertiary/aromatic N) is 2. The predicted molar refractivity (Wildman–Crippen MR) is 67.8 cm³/mol. The highest BCUT2D eigenvalue weighted by atomic mass is 35.5. The fourth-order valence-corrected chi connectivity index (χ4v) is 2.39. The Bertz CT molecular complexity index is 442. The van der Waals surface area contributed by atoms with Gasteiger partial charge in [0.2, 0.25) is 0 Å². The summed E-state index contributed by atoms with van der Waals surface area (Å²) in [5.41, 5.74) is 0.610. The fraction of sp³-hybridized carbons (Fsp3) is 0.455. The molecule has 1 N–H and O–H groups in total. The van der Waals surface area contributed by atoms with Crippen molar-refractivity contribution in [3.63, 3.8) is 0 Å². The van der Waals surface area contributed by atoms with Crippen LogP contribution in [0.1, 0.15) is 6.92 Å². The molecule has 18 heavy (non-hydrogen) atoms. The Morgan fingerprint density at radius 3 is 2.89 bits per heavy atom. The first-order valence-corrected chi connectivity index (χ1v) is 5.88. The quantitative estimate of drug-likeness (QED) is 0.564. The van der Waals surface area contributed by atoms with Gasteiger partial charge in [-0.25, -0.2) is 0 Å². The van der Waals surface area contributed by atoms with E-state index in [1.807, 2.05) is 4.90 Å². The SMILES string of the molecule is CC1CN(c2c(Cl)cccc2[N+](=O)[O-])CCN1.[Cl-]. The van der Waals surface area contributed by atoms with Gasteiger partial charge in [-0.2, -0.15) is 0 Å². The van der Waals surface area contributed by atoms with E-state index in [-0.39, 0.29) is 23.0 Å².